The van der Waals surface area contributed by atoms with Crippen LogP contribution < -0.4 is 0 Å². The Morgan fingerprint density at radius 1 is 1.36 bits per heavy atom. The largest absolute Gasteiger partial charge is 0.383 e. The first-order valence-corrected chi connectivity index (χ1v) is 9.51. The average molecular weight is 349 g/mol. The molecule has 0 aliphatic carbocycles. The molecule has 0 saturated carbocycles. The van der Waals surface area contributed by atoms with Crippen LogP contribution in [0.4, 0.5) is 0 Å². The third kappa shape index (κ3) is 5.30. The lowest BCUT2D eigenvalue weighted by molar-refractivity contribution is 0.0437. The van der Waals surface area contributed by atoms with Gasteiger partial charge < -0.3 is 24.3 Å². The molecule has 0 aromatic carbocycles. The summed E-state index contributed by atoms with van der Waals surface area (Å²) in [7, 11) is 1.75. The van der Waals surface area contributed by atoms with Crippen LogP contribution >= 0.6 is 0 Å². The highest BCUT2D eigenvalue weighted by molar-refractivity contribution is 5.94. The van der Waals surface area contributed by atoms with Gasteiger partial charge in [-0.05, 0) is 50.8 Å². The summed E-state index contributed by atoms with van der Waals surface area (Å²) in [6, 6.07) is 1.86. The predicted molar refractivity (Wildman–Crippen MR) is 96.7 cm³/mol. The third-order valence-corrected chi connectivity index (χ3v) is 5.38. The number of nitrogens with one attached hydrogen (secondary N) is 1. The minimum absolute atomic E-state index is 0.124. The van der Waals surface area contributed by atoms with E-state index in [-0.39, 0.29) is 12.0 Å². The SMILES string of the molecule is COCCN1CCC(CN(C[C@@H]2CCCO2)C(=O)c2cc[nH]c2)CC1. The number of amides is 1. The molecule has 1 N–H and O–H groups in total. The highest BCUT2D eigenvalue weighted by Crippen LogP contribution is 2.21. The number of hydrogen-bond acceptors (Lipinski definition) is 4. The Morgan fingerprint density at radius 2 is 2.20 bits per heavy atom. The topological polar surface area (TPSA) is 57.8 Å². The number of rotatable bonds is 8. The molecule has 0 radical (unpaired) electrons. The molecule has 2 aliphatic heterocycles. The van der Waals surface area contributed by atoms with Gasteiger partial charge in [-0.1, -0.05) is 0 Å². The Hall–Kier alpha value is -1.37. The number of hydrogen-bond donors (Lipinski definition) is 1. The molecule has 2 fully saturated rings. The number of aromatic amines is 1. The Bertz CT molecular complexity index is 506. The van der Waals surface area contributed by atoms with Gasteiger partial charge in [-0.15, -0.1) is 0 Å². The van der Waals surface area contributed by atoms with Crippen molar-refractivity contribution in [3.8, 4) is 0 Å². The fraction of sp³-hybridized carbons (Fsp3) is 0.737. The van der Waals surface area contributed by atoms with Crippen molar-refractivity contribution in [2.45, 2.75) is 31.8 Å². The quantitative estimate of drug-likeness (QED) is 0.780. The van der Waals surface area contributed by atoms with Gasteiger partial charge in [0, 0.05) is 45.7 Å². The number of carbonyl (C=O) groups is 1. The van der Waals surface area contributed by atoms with Gasteiger partial charge in [0.15, 0.2) is 0 Å². The van der Waals surface area contributed by atoms with Gasteiger partial charge in [0.25, 0.3) is 5.91 Å². The maximum absolute atomic E-state index is 12.9. The van der Waals surface area contributed by atoms with E-state index in [0.717, 1.165) is 70.6 Å². The van der Waals surface area contributed by atoms with E-state index < -0.39 is 0 Å². The van der Waals surface area contributed by atoms with Gasteiger partial charge in [0.2, 0.25) is 0 Å². The molecule has 0 spiro atoms. The summed E-state index contributed by atoms with van der Waals surface area (Å²) in [6.07, 6.45) is 8.26. The molecule has 2 aliphatic rings. The molecule has 0 unspecified atom stereocenters. The number of piperidine rings is 1. The fourth-order valence-corrected chi connectivity index (χ4v) is 3.84. The van der Waals surface area contributed by atoms with E-state index >= 15 is 0 Å². The predicted octanol–water partition coefficient (Wildman–Crippen LogP) is 1.99. The van der Waals surface area contributed by atoms with E-state index in [1.54, 1.807) is 13.3 Å². The van der Waals surface area contributed by atoms with Crippen LogP contribution in [0.2, 0.25) is 0 Å². The first-order valence-electron chi connectivity index (χ1n) is 9.51. The third-order valence-electron chi connectivity index (χ3n) is 5.38. The van der Waals surface area contributed by atoms with Gasteiger partial charge in [0.1, 0.15) is 0 Å². The first-order chi connectivity index (χ1) is 12.3. The van der Waals surface area contributed by atoms with E-state index in [4.69, 9.17) is 9.47 Å². The summed E-state index contributed by atoms with van der Waals surface area (Å²) in [5, 5.41) is 0. The summed E-state index contributed by atoms with van der Waals surface area (Å²) in [5.74, 6) is 0.696. The van der Waals surface area contributed by atoms with E-state index in [1.165, 1.54) is 0 Å². The molecule has 6 heteroatoms. The summed E-state index contributed by atoms with van der Waals surface area (Å²) in [4.78, 5) is 20.4. The summed E-state index contributed by atoms with van der Waals surface area (Å²) >= 11 is 0. The molecular formula is C19H31N3O3. The monoisotopic (exact) mass is 349 g/mol. The van der Waals surface area contributed by atoms with Crippen molar-refractivity contribution in [3.05, 3.63) is 24.0 Å². The van der Waals surface area contributed by atoms with Crippen LogP contribution in [0.3, 0.4) is 0 Å². The maximum atomic E-state index is 12.9. The molecule has 1 aromatic rings. The normalized spacial score (nSPS) is 22.4. The lowest BCUT2D eigenvalue weighted by atomic mass is 9.95. The van der Waals surface area contributed by atoms with Gasteiger partial charge in [-0.25, -0.2) is 0 Å². The number of H-pyrrole nitrogens is 1. The zero-order valence-corrected chi connectivity index (χ0v) is 15.3. The minimum atomic E-state index is 0.124. The van der Waals surface area contributed by atoms with Crippen LogP contribution in [0, 0.1) is 5.92 Å². The highest BCUT2D eigenvalue weighted by Gasteiger charge is 2.27. The van der Waals surface area contributed by atoms with Gasteiger partial charge in [-0.2, -0.15) is 0 Å². The Morgan fingerprint density at radius 3 is 2.84 bits per heavy atom. The number of nitrogens with zero attached hydrogens (tertiary/aromatic N) is 2. The Balaban J connectivity index is 1.55. The standard InChI is InChI=1S/C19H31N3O3/c1-24-12-10-21-8-5-16(6-9-21)14-22(15-18-3-2-11-25-18)19(23)17-4-7-20-13-17/h4,7,13,16,18,20H,2-3,5-6,8-12,14-15H2,1H3/t18-/m0/s1. The van der Waals surface area contributed by atoms with Crippen LogP contribution in [0.15, 0.2) is 18.5 Å². The van der Waals surface area contributed by atoms with Gasteiger partial charge in [-0.3, -0.25) is 4.79 Å². The Labute approximate surface area is 150 Å². The van der Waals surface area contributed by atoms with Crippen LogP contribution in [-0.4, -0.2) is 79.8 Å². The molecule has 1 atom stereocenters. The second kappa shape index (κ2) is 9.36. The Kier molecular flexibility index (Phi) is 6.90. The molecular weight excluding hydrogens is 318 g/mol. The minimum Gasteiger partial charge on any atom is -0.383 e. The van der Waals surface area contributed by atoms with Crippen molar-refractivity contribution >= 4 is 5.91 Å². The van der Waals surface area contributed by atoms with Crippen molar-refractivity contribution in [1.29, 1.82) is 0 Å². The number of aromatic nitrogens is 1. The molecule has 3 heterocycles. The van der Waals surface area contributed by atoms with Crippen molar-refractivity contribution in [2.24, 2.45) is 5.92 Å². The zero-order valence-electron chi connectivity index (χ0n) is 15.3. The summed E-state index contributed by atoms with van der Waals surface area (Å²) in [6.45, 7) is 6.37. The van der Waals surface area contributed by atoms with Crippen molar-refractivity contribution in [1.82, 2.24) is 14.8 Å². The van der Waals surface area contributed by atoms with Gasteiger partial charge >= 0.3 is 0 Å². The van der Waals surface area contributed by atoms with Crippen molar-refractivity contribution < 1.29 is 14.3 Å². The molecule has 3 rings (SSSR count). The summed E-state index contributed by atoms with van der Waals surface area (Å²) < 4.78 is 10.9. The number of carbonyl (C=O) groups excluding carboxylic acids is 1. The van der Waals surface area contributed by atoms with E-state index in [0.29, 0.717) is 12.5 Å². The lowest BCUT2D eigenvalue weighted by Crippen LogP contribution is -2.44. The number of ether oxygens (including phenoxy) is 2. The second-order valence-corrected chi connectivity index (χ2v) is 7.22. The second-order valence-electron chi connectivity index (χ2n) is 7.22. The molecule has 0 bridgehead atoms. The maximum Gasteiger partial charge on any atom is 0.255 e. The van der Waals surface area contributed by atoms with Gasteiger partial charge in [0.05, 0.1) is 18.3 Å². The molecule has 1 aromatic heterocycles. The van der Waals surface area contributed by atoms with Crippen LogP contribution in [-0.2, 0) is 9.47 Å². The fourth-order valence-electron chi connectivity index (χ4n) is 3.84. The first kappa shape index (κ1) is 18.4. The van der Waals surface area contributed by atoms with Crippen LogP contribution in [0.1, 0.15) is 36.0 Å². The number of methoxy groups -OCH3 is 1. The summed E-state index contributed by atoms with van der Waals surface area (Å²) in [5.41, 5.74) is 0.746. The lowest BCUT2D eigenvalue weighted by Gasteiger charge is -2.35. The molecule has 6 nitrogen and oxygen atoms in total. The van der Waals surface area contributed by atoms with Crippen LogP contribution in [0.25, 0.3) is 0 Å². The molecule has 25 heavy (non-hydrogen) atoms. The van der Waals surface area contributed by atoms with Crippen LogP contribution in [0.5, 0.6) is 0 Å². The smallest absolute Gasteiger partial charge is 0.255 e. The highest BCUT2D eigenvalue weighted by atomic mass is 16.5. The van der Waals surface area contributed by atoms with E-state index in [9.17, 15) is 4.79 Å². The van der Waals surface area contributed by atoms with Crippen molar-refractivity contribution in [3.63, 3.8) is 0 Å². The average Bonchev–Trinajstić information content (AvgIpc) is 3.34. The molecule has 1 amide bonds. The molecule has 140 valence electrons. The molecule has 2 saturated heterocycles. The van der Waals surface area contributed by atoms with E-state index in [1.807, 2.05) is 17.2 Å². The van der Waals surface area contributed by atoms with E-state index in [2.05, 4.69) is 9.88 Å². The zero-order chi connectivity index (χ0) is 17.5. The number of likely N-dealkylation sites (tertiary alicyclic amines) is 1. The van der Waals surface area contributed by atoms with Crippen molar-refractivity contribution in [2.75, 3.05) is 53.0 Å².